The second-order valence-electron chi connectivity index (χ2n) is 2.44. The number of halogens is 2. The van der Waals surface area contributed by atoms with Crippen LogP contribution in [-0.2, 0) is 10.0 Å². The summed E-state index contributed by atoms with van der Waals surface area (Å²) in [6, 6.07) is 0. The SMILES string of the molecule is CCCCCN(Br)S(=O)(=O)CCl. The largest absolute Gasteiger partial charge is 0.237 e. The standard InChI is InChI=1S/C6H13BrClNO2S/c1-2-3-4-5-9(7)12(10,11)6-8/h2-6H2,1H3. The van der Waals surface area contributed by atoms with Crippen LogP contribution in [-0.4, -0.2) is 23.5 Å². The average molecular weight is 279 g/mol. The van der Waals surface area contributed by atoms with E-state index in [0.29, 0.717) is 6.54 Å². The van der Waals surface area contributed by atoms with Gasteiger partial charge in [0.15, 0.2) is 0 Å². The van der Waals surface area contributed by atoms with E-state index in [1.165, 1.54) is 0 Å². The molecule has 0 bridgehead atoms. The highest BCUT2D eigenvalue weighted by Crippen LogP contribution is 2.11. The lowest BCUT2D eigenvalue weighted by molar-refractivity contribution is 0.538. The van der Waals surface area contributed by atoms with E-state index in [-0.39, 0.29) is 5.21 Å². The first kappa shape index (κ1) is 12.7. The van der Waals surface area contributed by atoms with E-state index >= 15 is 0 Å². The molecule has 0 N–H and O–H groups in total. The van der Waals surface area contributed by atoms with Gasteiger partial charge in [-0.25, -0.2) is 8.42 Å². The third-order valence-electron chi connectivity index (χ3n) is 1.38. The number of nitrogens with zero attached hydrogens (tertiary/aromatic N) is 1. The Hall–Kier alpha value is 0.680. The van der Waals surface area contributed by atoms with Gasteiger partial charge < -0.3 is 0 Å². The van der Waals surface area contributed by atoms with Gasteiger partial charge >= 0.3 is 0 Å². The van der Waals surface area contributed by atoms with E-state index in [4.69, 9.17) is 11.6 Å². The van der Waals surface area contributed by atoms with Gasteiger partial charge in [0.1, 0.15) is 5.21 Å². The summed E-state index contributed by atoms with van der Waals surface area (Å²) >= 11 is 8.19. The van der Waals surface area contributed by atoms with Crippen LogP contribution in [0.3, 0.4) is 0 Å². The van der Waals surface area contributed by atoms with Crippen LogP contribution in [0.2, 0.25) is 0 Å². The van der Waals surface area contributed by atoms with E-state index in [0.717, 1.165) is 22.6 Å². The fraction of sp³-hybridized carbons (Fsp3) is 1.00. The molecule has 0 saturated carbocycles. The zero-order valence-electron chi connectivity index (χ0n) is 6.96. The smallest absolute Gasteiger partial charge is 0.210 e. The minimum absolute atomic E-state index is 0.371. The molecular formula is C6H13BrClNO2S. The van der Waals surface area contributed by atoms with Gasteiger partial charge in [0.2, 0.25) is 10.0 Å². The molecule has 0 aromatic rings. The maximum absolute atomic E-state index is 11.0. The second kappa shape index (κ2) is 6.18. The molecule has 74 valence electrons. The molecule has 0 aromatic carbocycles. The summed E-state index contributed by atoms with van der Waals surface area (Å²) in [7, 11) is -3.26. The minimum atomic E-state index is -3.26. The van der Waals surface area contributed by atoms with Crippen molar-refractivity contribution < 1.29 is 8.42 Å². The molecule has 6 heteroatoms. The van der Waals surface area contributed by atoms with Crippen molar-refractivity contribution >= 4 is 37.8 Å². The lowest BCUT2D eigenvalue weighted by Gasteiger charge is -2.11. The number of rotatable bonds is 6. The fourth-order valence-corrected chi connectivity index (χ4v) is 2.46. The van der Waals surface area contributed by atoms with Crippen LogP contribution in [0.1, 0.15) is 26.2 Å². The normalized spacial score (nSPS) is 12.3. The van der Waals surface area contributed by atoms with Gasteiger partial charge in [-0.1, -0.05) is 19.8 Å². The molecule has 0 heterocycles. The zero-order chi connectivity index (χ0) is 9.61. The summed E-state index contributed by atoms with van der Waals surface area (Å²) in [6.45, 7) is 2.55. The first-order valence-electron chi connectivity index (χ1n) is 3.76. The molecule has 0 aliphatic heterocycles. The highest BCUT2D eigenvalue weighted by molar-refractivity contribution is 9.08. The third kappa shape index (κ3) is 4.64. The zero-order valence-corrected chi connectivity index (χ0v) is 10.1. The minimum Gasteiger partial charge on any atom is -0.210 e. The van der Waals surface area contributed by atoms with Crippen molar-refractivity contribution in [3.05, 3.63) is 0 Å². The van der Waals surface area contributed by atoms with Crippen molar-refractivity contribution in [2.45, 2.75) is 26.2 Å². The summed E-state index contributed by atoms with van der Waals surface area (Å²) in [4.78, 5) is 0. The van der Waals surface area contributed by atoms with Crippen LogP contribution in [0.15, 0.2) is 0 Å². The van der Waals surface area contributed by atoms with Gasteiger partial charge in [-0.15, -0.1) is 14.9 Å². The van der Waals surface area contributed by atoms with Crippen LogP contribution in [0.4, 0.5) is 0 Å². The van der Waals surface area contributed by atoms with Crippen LogP contribution >= 0.6 is 27.7 Å². The van der Waals surface area contributed by atoms with E-state index in [1.807, 2.05) is 0 Å². The van der Waals surface area contributed by atoms with Gasteiger partial charge in [-0.05, 0) is 6.42 Å². The molecule has 0 atom stereocenters. The Kier molecular flexibility index (Phi) is 6.53. The van der Waals surface area contributed by atoms with Crippen molar-refractivity contribution in [2.75, 3.05) is 11.8 Å². The quantitative estimate of drug-likeness (QED) is 0.425. The van der Waals surface area contributed by atoms with Gasteiger partial charge in [0.25, 0.3) is 0 Å². The molecule has 12 heavy (non-hydrogen) atoms. The molecule has 0 aliphatic rings. The molecule has 0 amide bonds. The highest BCUT2D eigenvalue weighted by Gasteiger charge is 2.16. The molecule has 0 rings (SSSR count). The van der Waals surface area contributed by atoms with Gasteiger partial charge in [0.05, 0.1) is 0 Å². The highest BCUT2D eigenvalue weighted by atomic mass is 79.9. The second-order valence-corrected chi connectivity index (χ2v) is 6.24. The van der Waals surface area contributed by atoms with Crippen molar-refractivity contribution in [1.29, 1.82) is 0 Å². The number of unbranched alkanes of at least 4 members (excludes halogenated alkanes) is 2. The van der Waals surface area contributed by atoms with Gasteiger partial charge in [0, 0.05) is 22.7 Å². The fourth-order valence-electron chi connectivity index (χ4n) is 0.678. The van der Waals surface area contributed by atoms with Crippen LogP contribution < -0.4 is 0 Å². The van der Waals surface area contributed by atoms with E-state index in [2.05, 4.69) is 23.1 Å². The van der Waals surface area contributed by atoms with Gasteiger partial charge in [-0.2, -0.15) is 0 Å². The number of alkyl halides is 1. The number of sulfonamides is 1. The lowest BCUT2D eigenvalue weighted by atomic mass is 10.3. The number of hydrogen-bond acceptors (Lipinski definition) is 2. The third-order valence-corrected chi connectivity index (χ3v) is 4.94. The molecule has 3 nitrogen and oxygen atoms in total. The maximum atomic E-state index is 11.0. The van der Waals surface area contributed by atoms with Crippen LogP contribution in [0.25, 0.3) is 0 Å². The van der Waals surface area contributed by atoms with Crippen molar-refractivity contribution in [3.63, 3.8) is 0 Å². The Morgan fingerprint density at radius 2 is 2.00 bits per heavy atom. The van der Waals surface area contributed by atoms with Gasteiger partial charge in [-0.3, -0.25) is 0 Å². The molecule has 0 unspecified atom stereocenters. The Balaban J connectivity index is 3.80. The Labute approximate surface area is 87.5 Å². The predicted octanol–water partition coefficient (Wildman–Crippen LogP) is 2.31. The Morgan fingerprint density at radius 1 is 1.42 bits per heavy atom. The van der Waals surface area contributed by atoms with Crippen LogP contribution in [0.5, 0.6) is 0 Å². The van der Waals surface area contributed by atoms with Crippen LogP contribution in [0, 0.1) is 0 Å². The summed E-state index contributed by atoms with van der Waals surface area (Å²) in [6.07, 6.45) is 2.96. The average Bonchev–Trinajstić information content (AvgIpc) is 2.05. The predicted molar refractivity (Wildman–Crippen MR) is 54.8 cm³/mol. The lowest BCUT2D eigenvalue weighted by Crippen LogP contribution is -2.23. The van der Waals surface area contributed by atoms with Crippen molar-refractivity contribution in [3.8, 4) is 0 Å². The molecule has 0 saturated heterocycles. The Morgan fingerprint density at radius 3 is 2.42 bits per heavy atom. The first-order chi connectivity index (χ1) is 5.54. The first-order valence-corrected chi connectivity index (χ1v) is 6.62. The molecule has 0 aromatic heterocycles. The maximum Gasteiger partial charge on any atom is 0.237 e. The Bertz CT molecular complexity index is 208. The molecule has 0 fully saturated rings. The monoisotopic (exact) mass is 277 g/mol. The van der Waals surface area contributed by atoms with E-state index in [9.17, 15) is 8.42 Å². The molecule has 0 radical (unpaired) electrons. The van der Waals surface area contributed by atoms with Crippen molar-refractivity contribution in [2.24, 2.45) is 0 Å². The van der Waals surface area contributed by atoms with E-state index in [1.54, 1.807) is 0 Å². The summed E-state index contributed by atoms with van der Waals surface area (Å²) in [5, 5.41) is -0.371. The summed E-state index contributed by atoms with van der Waals surface area (Å²) in [5.74, 6) is 0. The topological polar surface area (TPSA) is 37.4 Å². The molecular weight excluding hydrogens is 265 g/mol. The molecule has 0 aliphatic carbocycles. The van der Waals surface area contributed by atoms with E-state index < -0.39 is 10.0 Å². The summed E-state index contributed by atoms with van der Waals surface area (Å²) in [5.41, 5.74) is 0. The van der Waals surface area contributed by atoms with Crippen molar-refractivity contribution in [1.82, 2.24) is 3.33 Å². The number of hydrogen-bond donors (Lipinski definition) is 0. The molecule has 0 spiro atoms. The summed E-state index contributed by atoms with van der Waals surface area (Å²) < 4.78 is 23.2.